The van der Waals surface area contributed by atoms with Crippen molar-refractivity contribution in [1.29, 1.82) is 0 Å². The Kier molecular flexibility index (Phi) is 6.43. The summed E-state index contributed by atoms with van der Waals surface area (Å²) in [5, 5.41) is 9.79. The van der Waals surface area contributed by atoms with E-state index < -0.39 is 0 Å². The molecule has 1 saturated carbocycles. The number of carbonyl (C=O) groups excluding carboxylic acids is 1. The number of aromatic nitrogens is 3. The molecule has 0 N–H and O–H groups in total. The van der Waals surface area contributed by atoms with E-state index in [1.54, 1.807) is 18.9 Å². The highest BCUT2D eigenvalue weighted by Gasteiger charge is 2.29. The molecule has 1 aliphatic carbocycles. The zero-order chi connectivity index (χ0) is 20.2. The number of thioether (sulfide) groups is 1. The lowest BCUT2D eigenvalue weighted by Crippen LogP contribution is -2.34. The molecule has 4 rings (SSSR count). The maximum Gasteiger partial charge on any atom is 0.235 e. The van der Waals surface area contributed by atoms with Gasteiger partial charge in [0.15, 0.2) is 11.0 Å². The molecule has 1 unspecified atom stereocenters. The van der Waals surface area contributed by atoms with Crippen LogP contribution in [0.15, 0.2) is 29.4 Å². The van der Waals surface area contributed by atoms with Gasteiger partial charge in [0.25, 0.3) is 0 Å². The van der Waals surface area contributed by atoms with Gasteiger partial charge in [-0.2, -0.15) is 0 Å². The number of hydrogen-bond donors (Lipinski definition) is 0. The lowest BCUT2D eigenvalue weighted by molar-refractivity contribution is -0.129. The van der Waals surface area contributed by atoms with E-state index in [1.165, 1.54) is 19.3 Å². The molecule has 0 bridgehead atoms. The second-order valence-corrected chi connectivity index (χ2v) is 9.27. The van der Waals surface area contributed by atoms with Crippen molar-refractivity contribution in [1.82, 2.24) is 19.7 Å². The first-order valence-corrected chi connectivity index (χ1v) is 11.6. The second kappa shape index (κ2) is 9.20. The Bertz CT molecular complexity index is 841. The van der Waals surface area contributed by atoms with Gasteiger partial charge in [-0.1, -0.05) is 43.2 Å². The molecular weight excluding hydrogens is 384 g/mol. The molecule has 2 fully saturated rings. The van der Waals surface area contributed by atoms with Gasteiger partial charge in [0.2, 0.25) is 5.91 Å². The summed E-state index contributed by atoms with van der Waals surface area (Å²) in [4.78, 5) is 14.8. The number of nitrogens with zero attached hydrogens (tertiary/aromatic N) is 4. The van der Waals surface area contributed by atoms with Crippen LogP contribution in [0.1, 0.15) is 57.9 Å². The smallest absolute Gasteiger partial charge is 0.235 e. The monoisotopic (exact) mass is 414 g/mol. The number of rotatable bonds is 6. The largest absolute Gasteiger partial charge is 0.496 e. The van der Waals surface area contributed by atoms with E-state index in [2.05, 4.69) is 14.8 Å². The van der Waals surface area contributed by atoms with Crippen LogP contribution in [0.25, 0.3) is 11.4 Å². The molecule has 6 nitrogen and oxygen atoms in total. The van der Waals surface area contributed by atoms with E-state index in [0.29, 0.717) is 6.04 Å². The van der Waals surface area contributed by atoms with Gasteiger partial charge in [0.05, 0.1) is 17.9 Å². The maximum absolute atomic E-state index is 12.8. The van der Waals surface area contributed by atoms with Crippen molar-refractivity contribution >= 4 is 17.7 Å². The molecular formula is C22H30N4O2S. The number of ether oxygens (including phenoxy) is 1. The minimum atomic E-state index is -0.162. The molecule has 2 heterocycles. The Hall–Kier alpha value is -2.02. The lowest BCUT2D eigenvalue weighted by atomic mass is 9.95. The minimum absolute atomic E-state index is 0.162. The summed E-state index contributed by atoms with van der Waals surface area (Å²) in [5.41, 5.74) is 0.957. The van der Waals surface area contributed by atoms with E-state index in [1.807, 2.05) is 36.1 Å². The van der Waals surface area contributed by atoms with Crippen LogP contribution in [0.4, 0.5) is 0 Å². The van der Waals surface area contributed by atoms with Crippen molar-refractivity contribution in [2.75, 3.05) is 20.2 Å². The molecule has 29 heavy (non-hydrogen) atoms. The average Bonchev–Trinajstić information content (AvgIpc) is 3.44. The zero-order valence-corrected chi connectivity index (χ0v) is 18.2. The molecule has 1 aromatic heterocycles. The van der Waals surface area contributed by atoms with Gasteiger partial charge in [0, 0.05) is 19.1 Å². The summed E-state index contributed by atoms with van der Waals surface area (Å²) in [6, 6.07) is 8.34. The van der Waals surface area contributed by atoms with Gasteiger partial charge in [0.1, 0.15) is 5.75 Å². The summed E-state index contributed by atoms with van der Waals surface area (Å²) in [6.45, 7) is 3.75. The normalized spacial score (nSPS) is 18.8. The third-order valence-electron chi connectivity index (χ3n) is 6.00. The highest BCUT2D eigenvalue weighted by Crippen LogP contribution is 2.39. The van der Waals surface area contributed by atoms with E-state index >= 15 is 0 Å². The summed E-state index contributed by atoms with van der Waals surface area (Å²) in [5.74, 6) is 1.86. The van der Waals surface area contributed by atoms with Crippen LogP contribution in [0.2, 0.25) is 0 Å². The fourth-order valence-corrected chi connectivity index (χ4v) is 5.45. The van der Waals surface area contributed by atoms with Crippen molar-refractivity contribution in [2.45, 2.75) is 68.3 Å². The fraction of sp³-hybridized carbons (Fsp3) is 0.591. The first kappa shape index (κ1) is 20.3. The van der Waals surface area contributed by atoms with Gasteiger partial charge >= 0.3 is 0 Å². The van der Waals surface area contributed by atoms with Gasteiger partial charge in [-0.05, 0) is 44.7 Å². The first-order chi connectivity index (χ1) is 14.2. The number of benzene rings is 1. The molecule has 156 valence electrons. The van der Waals surface area contributed by atoms with E-state index in [0.717, 1.165) is 61.1 Å². The Morgan fingerprint density at radius 1 is 1.10 bits per heavy atom. The quantitative estimate of drug-likeness (QED) is 0.649. The number of para-hydroxylation sites is 1. The highest BCUT2D eigenvalue weighted by atomic mass is 32.2. The number of amides is 1. The third kappa shape index (κ3) is 4.29. The molecule has 2 aromatic rings. The van der Waals surface area contributed by atoms with Crippen LogP contribution in [-0.2, 0) is 4.79 Å². The SMILES string of the molecule is COc1ccccc1-c1nnc(SC(C)C(=O)N2CCCC2)n1C1CCCCC1. The van der Waals surface area contributed by atoms with E-state index in [9.17, 15) is 4.79 Å². The molecule has 1 atom stereocenters. The van der Waals surface area contributed by atoms with Gasteiger partial charge < -0.3 is 9.64 Å². The molecule has 1 aromatic carbocycles. The minimum Gasteiger partial charge on any atom is -0.496 e. The number of carbonyl (C=O) groups is 1. The van der Waals surface area contributed by atoms with Crippen molar-refractivity contribution in [3.05, 3.63) is 24.3 Å². The molecule has 1 saturated heterocycles. The third-order valence-corrected chi connectivity index (χ3v) is 7.04. The summed E-state index contributed by atoms with van der Waals surface area (Å²) < 4.78 is 7.86. The molecule has 1 aliphatic heterocycles. The van der Waals surface area contributed by atoms with Crippen molar-refractivity contribution in [3.8, 4) is 17.1 Å². The van der Waals surface area contributed by atoms with Crippen LogP contribution >= 0.6 is 11.8 Å². The summed E-state index contributed by atoms with van der Waals surface area (Å²) >= 11 is 1.55. The standard InChI is InChI=1S/C22H30N4O2S/c1-16(21(27)25-14-8-9-15-25)29-22-24-23-20(18-12-6-7-13-19(18)28-2)26(22)17-10-4-3-5-11-17/h6-7,12-13,16-17H,3-5,8-11,14-15H2,1-2H3. The first-order valence-electron chi connectivity index (χ1n) is 10.7. The highest BCUT2D eigenvalue weighted by molar-refractivity contribution is 8.00. The van der Waals surface area contributed by atoms with Gasteiger partial charge in [-0.3, -0.25) is 9.36 Å². The molecule has 2 aliphatic rings. The summed E-state index contributed by atoms with van der Waals surface area (Å²) in [7, 11) is 1.69. The predicted molar refractivity (Wildman–Crippen MR) is 115 cm³/mol. The maximum atomic E-state index is 12.8. The van der Waals surface area contributed by atoms with Crippen molar-refractivity contribution < 1.29 is 9.53 Å². The van der Waals surface area contributed by atoms with E-state index in [-0.39, 0.29) is 11.2 Å². The predicted octanol–water partition coefficient (Wildman–Crippen LogP) is 4.56. The average molecular weight is 415 g/mol. The number of methoxy groups -OCH3 is 1. The zero-order valence-electron chi connectivity index (χ0n) is 17.3. The second-order valence-electron chi connectivity index (χ2n) is 7.96. The van der Waals surface area contributed by atoms with Gasteiger partial charge in [-0.25, -0.2) is 0 Å². The van der Waals surface area contributed by atoms with Crippen LogP contribution in [0.3, 0.4) is 0 Å². The van der Waals surface area contributed by atoms with Crippen LogP contribution in [0, 0.1) is 0 Å². The van der Waals surface area contributed by atoms with E-state index in [4.69, 9.17) is 4.74 Å². The Labute approximate surface area is 177 Å². The summed E-state index contributed by atoms with van der Waals surface area (Å²) in [6.07, 6.45) is 8.21. The Morgan fingerprint density at radius 3 is 2.55 bits per heavy atom. The lowest BCUT2D eigenvalue weighted by Gasteiger charge is -2.27. The molecule has 0 spiro atoms. The Morgan fingerprint density at radius 2 is 1.83 bits per heavy atom. The number of likely N-dealkylation sites (tertiary alicyclic amines) is 1. The molecule has 0 radical (unpaired) electrons. The molecule has 1 amide bonds. The molecule has 7 heteroatoms. The van der Waals surface area contributed by atoms with Crippen molar-refractivity contribution in [3.63, 3.8) is 0 Å². The Balaban J connectivity index is 1.66. The van der Waals surface area contributed by atoms with Crippen LogP contribution in [-0.4, -0.2) is 51.0 Å². The van der Waals surface area contributed by atoms with Crippen LogP contribution in [0.5, 0.6) is 5.75 Å². The number of hydrogen-bond acceptors (Lipinski definition) is 5. The topological polar surface area (TPSA) is 60.3 Å². The van der Waals surface area contributed by atoms with Crippen molar-refractivity contribution in [2.24, 2.45) is 0 Å². The fourth-order valence-electron chi connectivity index (χ4n) is 4.44. The van der Waals surface area contributed by atoms with Crippen LogP contribution < -0.4 is 4.74 Å². The van der Waals surface area contributed by atoms with Gasteiger partial charge in [-0.15, -0.1) is 10.2 Å².